The van der Waals surface area contributed by atoms with Crippen LogP contribution < -0.4 is 10.9 Å². The van der Waals surface area contributed by atoms with Crippen molar-refractivity contribution < 1.29 is 29.3 Å². The molecule has 1 aliphatic rings. The van der Waals surface area contributed by atoms with Gasteiger partial charge in [-0.1, -0.05) is 12.1 Å². The summed E-state index contributed by atoms with van der Waals surface area (Å²) < 4.78 is 11.0. The molecule has 0 spiro atoms. The molecule has 1 aliphatic heterocycles. The topological polar surface area (TPSA) is 129 Å². The number of amides is 1. The molecule has 2 heterocycles. The molecule has 2 aromatic rings. The van der Waals surface area contributed by atoms with E-state index in [0.29, 0.717) is 5.58 Å². The van der Waals surface area contributed by atoms with Gasteiger partial charge in [0.15, 0.2) is 0 Å². The van der Waals surface area contributed by atoms with Gasteiger partial charge in [0.25, 0.3) is 0 Å². The molecule has 1 aromatic carbocycles. The van der Waals surface area contributed by atoms with Crippen molar-refractivity contribution in [2.45, 2.75) is 50.7 Å². The summed E-state index contributed by atoms with van der Waals surface area (Å²) in [6, 6.07) is 5.95. The Balaban J connectivity index is 1.91. The van der Waals surface area contributed by atoms with Crippen molar-refractivity contribution in [3.63, 3.8) is 0 Å². The molecule has 8 heteroatoms. The van der Waals surface area contributed by atoms with E-state index in [4.69, 9.17) is 9.15 Å². The maximum Gasteiger partial charge on any atom is 0.336 e. The molecule has 0 unspecified atom stereocenters. The largest absolute Gasteiger partial charge is 0.423 e. The highest BCUT2D eigenvalue weighted by molar-refractivity contribution is 5.80. The maximum absolute atomic E-state index is 11.6. The van der Waals surface area contributed by atoms with E-state index in [0.717, 1.165) is 16.5 Å². The van der Waals surface area contributed by atoms with Crippen LogP contribution in [-0.2, 0) is 16.0 Å². The van der Waals surface area contributed by atoms with Crippen LogP contribution >= 0.6 is 0 Å². The van der Waals surface area contributed by atoms with E-state index in [1.165, 1.54) is 13.0 Å². The number of carbonyl (C=O) groups is 1. The third kappa shape index (κ3) is 4.03. The van der Waals surface area contributed by atoms with E-state index in [-0.39, 0.29) is 12.3 Å². The van der Waals surface area contributed by atoms with Gasteiger partial charge in [-0.25, -0.2) is 4.79 Å². The number of rotatable bonds is 4. The fraction of sp³-hybridized carbons (Fsp3) is 0.474. The van der Waals surface area contributed by atoms with Crippen molar-refractivity contribution in [2.24, 2.45) is 0 Å². The van der Waals surface area contributed by atoms with E-state index in [2.05, 4.69) is 5.32 Å². The Morgan fingerprint density at radius 1 is 1.19 bits per heavy atom. The molecule has 3 rings (SSSR count). The summed E-state index contributed by atoms with van der Waals surface area (Å²) in [6.07, 6.45) is -3.97. The number of nitrogens with one attached hydrogen (secondary N) is 1. The number of fused-ring (bicyclic) bond motifs is 1. The molecule has 0 aliphatic carbocycles. The van der Waals surface area contributed by atoms with Crippen LogP contribution in [-0.4, -0.2) is 58.3 Å². The van der Waals surface area contributed by atoms with E-state index in [1.54, 1.807) is 6.07 Å². The van der Waals surface area contributed by atoms with Crippen molar-refractivity contribution in [2.75, 3.05) is 6.61 Å². The molecule has 0 radical (unpaired) electrons. The average molecular weight is 377 g/mol. The van der Waals surface area contributed by atoms with Crippen molar-refractivity contribution >= 4 is 16.9 Å². The highest BCUT2D eigenvalue weighted by atomic mass is 16.5. The van der Waals surface area contributed by atoms with E-state index < -0.39 is 42.7 Å². The summed E-state index contributed by atoms with van der Waals surface area (Å²) >= 11 is 0. The van der Waals surface area contributed by atoms with Gasteiger partial charge in [-0.15, -0.1) is 0 Å². The summed E-state index contributed by atoms with van der Waals surface area (Å²) in [7, 11) is 0. The van der Waals surface area contributed by atoms with Crippen molar-refractivity contribution in [3.05, 3.63) is 45.8 Å². The normalized spacial score (nSPS) is 28.3. The smallest absolute Gasteiger partial charge is 0.336 e. The third-order valence-corrected chi connectivity index (χ3v) is 4.85. The Morgan fingerprint density at radius 2 is 1.93 bits per heavy atom. The fourth-order valence-electron chi connectivity index (χ4n) is 3.51. The van der Waals surface area contributed by atoms with E-state index in [9.17, 15) is 24.9 Å². The van der Waals surface area contributed by atoms with Gasteiger partial charge in [-0.2, -0.15) is 0 Å². The van der Waals surface area contributed by atoms with Gasteiger partial charge in [0.2, 0.25) is 5.91 Å². The Hall–Kier alpha value is -2.26. The van der Waals surface area contributed by atoms with Gasteiger partial charge >= 0.3 is 5.63 Å². The second kappa shape index (κ2) is 7.77. The maximum atomic E-state index is 11.6. The minimum atomic E-state index is -1.32. The van der Waals surface area contributed by atoms with Crippen LogP contribution in [0.15, 0.2) is 33.5 Å². The number of carbonyl (C=O) groups excluding carboxylic acids is 1. The molecule has 1 amide bonds. The monoisotopic (exact) mass is 377 g/mol. The highest BCUT2D eigenvalue weighted by Crippen LogP contribution is 2.26. The molecule has 4 N–H and O–H groups in total. The van der Waals surface area contributed by atoms with Crippen molar-refractivity contribution in [3.8, 4) is 0 Å². The summed E-state index contributed by atoms with van der Waals surface area (Å²) in [5, 5.41) is 33.3. The number of aryl methyl sites for hydroxylation is 1. The zero-order valence-electron chi connectivity index (χ0n) is 15.1. The van der Waals surface area contributed by atoms with Gasteiger partial charge in [0.05, 0.1) is 18.8 Å². The van der Waals surface area contributed by atoms with E-state index >= 15 is 0 Å². The Morgan fingerprint density at radius 3 is 2.59 bits per heavy atom. The first-order valence-electron chi connectivity index (χ1n) is 8.73. The number of aliphatic hydroxyl groups excluding tert-OH is 3. The molecule has 1 fully saturated rings. The first kappa shape index (κ1) is 19.5. The molecule has 1 saturated heterocycles. The van der Waals surface area contributed by atoms with Crippen LogP contribution in [0.3, 0.4) is 0 Å². The van der Waals surface area contributed by atoms with Gasteiger partial charge < -0.3 is 29.8 Å². The first-order valence-corrected chi connectivity index (χ1v) is 8.73. The number of aliphatic hydroxyl groups is 3. The third-order valence-electron chi connectivity index (χ3n) is 4.85. The van der Waals surface area contributed by atoms with Crippen LogP contribution in [0.25, 0.3) is 11.0 Å². The van der Waals surface area contributed by atoms with Crippen molar-refractivity contribution in [1.29, 1.82) is 0 Å². The van der Waals surface area contributed by atoms with Crippen LogP contribution in [0.2, 0.25) is 0 Å². The minimum Gasteiger partial charge on any atom is -0.423 e. The number of hydrogen-bond donors (Lipinski definition) is 4. The molecule has 5 atom stereocenters. The van der Waals surface area contributed by atoms with Crippen LogP contribution in [0, 0.1) is 6.92 Å². The Kier molecular flexibility index (Phi) is 5.61. The summed E-state index contributed by atoms with van der Waals surface area (Å²) in [4.78, 5) is 23.1. The SMILES string of the molecule is CC(=O)N[C@@H]1[C@@H](O)[C@H](O)[C@@H](CO)O[C@H]1Cc1ccc2c(C)cc(=O)oc2c1. The predicted octanol–water partition coefficient (Wildman–Crippen LogP) is -0.370. The molecule has 27 heavy (non-hydrogen) atoms. The lowest BCUT2D eigenvalue weighted by molar-refractivity contribution is -0.194. The molecular formula is C19H23NO7. The average Bonchev–Trinajstić information content (AvgIpc) is 2.60. The lowest BCUT2D eigenvalue weighted by Crippen LogP contribution is -2.64. The first-order chi connectivity index (χ1) is 12.8. The number of hydrogen-bond acceptors (Lipinski definition) is 7. The minimum absolute atomic E-state index is 0.277. The lowest BCUT2D eigenvalue weighted by Gasteiger charge is -2.42. The lowest BCUT2D eigenvalue weighted by atomic mass is 9.89. The fourth-order valence-corrected chi connectivity index (χ4v) is 3.51. The predicted molar refractivity (Wildman–Crippen MR) is 96.3 cm³/mol. The molecule has 0 bridgehead atoms. The van der Waals surface area contributed by atoms with Gasteiger partial charge in [-0.3, -0.25) is 4.79 Å². The molecule has 1 aromatic heterocycles. The van der Waals surface area contributed by atoms with Gasteiger partial charge in [0, 0.05) is 24.8 Å². The zero-order valence-corrected chi connectivity index (χ0v) is 15.1. The summed E-state index contributed by atoms with van der Waals surface area (Å²) in [6.45, 7) is 2.66. The summed E-state index contributed by atoms with van der Waals surface area (Å²) in [5.74, 6) is -0.373. The van der Waals surface area contributed by atoms with E-state index in [1.807, 2.05) is 19.1 Å². The number of benzene rings is 1. The Bertz CT molecular complexity index is 893. The van der Waals surface area contributed by atoms with Crippen molar-refractivity contribution in [1.82, 2.24) is 5.32 Å². The Labute approximate surface area is 155 Å². The summed E-state index contributed by atoms with van der Waals surface area (Å²) in [5.41, 5.74) is 1.55. The standard InChI is InChI=1S/C19H23NO7/c1-9-5-16(23)27-13-6-11(3-4-12(9)13)7-14-17(20-10(2)22)19(25)18(24)15(8-21)26-14/h3-6,14-15,17-19,21,24-25H,7-8H2,1-2H3,(H,20,22)/t14-,15+,17-,18+,19+/m0/s1. The number of ether oxygens (including phenoxy) is 1. The highest BCUT2D eigenvalue weighted by Gasteiger charge is 2.44. The van der Waals surface area contributed by atoms with Crippen LogP contribution in [0.1, 0.15) is 18.1 Å². The zero-order chi connectivity index (χ0) is 19.7. The second-order valence-corrected chi connectivity index (χ2v) is 6.89. The van der Waals surface area contributed by atoms with Crippen LogP contribution in [0.4, 0.5) is 0 Å². The molecule has 8 nitrogen and oxygen atoms in total. The quantitative estimate of drug-likeness (QED) is 0.535. The second-order valence-electron chi connectivity index (χ2n) is 6.89. The van der Waals surface area contributed by atoms with Crippen LogP contribution in [0.5, 0.6) is 0 Å². The molecule has 146 valence electrons. The molecular weight excluding hydrogens is 354 g/mol. The van der Waals surface area contributed by atoms with Gasteiger partial charge in [0.1, 0.15) is 23.9 Å². The van der Waals surface area contributed by atoms with Gasteiger partial charge in [-0.05, 0) is 24.1 Å². The molecule has 0 saturated carbocycles.